The molecule has 0 atom stereocenters. The number of rotatable bonds is 4. The van der Waals surface area contributed by atoms with E-state index in [4.69, 9.17) is 21.1 Å². The van der Waals surface area contributed by atoms with Crippen molar-refractivity contribution in [1.82, 2.24) is 20.2 Å². The van der Waals surface area contributed by atoms with Crippen molar-refractivity contribution in [2.45, 2.75) is 40.0 Å². The van der Waals surface area contributed by atoms with E-state index in [-0.39, 0.29) is 17.1 Å². The highest BCUT2D eigenvalue weighted by Crippen LogP contribution is 2.20. The van der Waals surface area contributed by atoms with Crippen molar-refractivity contribution in [1.29, 1.82) is 0 Å². The maximum Gasteiger partial charge on any atom is 0.365 e. The van der Waals surface area contributed by atoms with Crippen LogP contribution in [0, 0.1) is 0 Å². The van der Waals surface area contributed by atoms with E-state index in [2.05, 4.69) is 41.7 Å². The first-order valence-electron chi connectivity index (χ1n) is 10.0. The summed E-state index contributed by atoms with van der Waals surface area (Å²) >= 11 is 5.26. The number of carbonyl (C=O) groups excluding carboxylic acids is 3. The molecule has 0 saturated carbocycles. The molecule has 0 saturated heterocycles. The number of H-pyrrole nitrogens is 1. The molecule has 0 bridgehead atoms. The standard InChI is InChI=1S/C9H7ClO3.C9H8N4O3.C4H12Si/c1-6(11)13-8-5-3-2-4-7(8)9(10)12;1-6(14)16-8-5-3-2-4-7(8)13-9(15)10-11-12-13;1-5(2,3)4/h2-5H,1H3;2-5H,1H3,(H,10,12,15);1-4H3. The largest absolute Gasteiger partial charge is 0.426 e. The molecule has 2 aromatic carbocycles. The second-order valence-corrected chi connectivity index (χ2v) is 14.7. The van der Waals surface area contributed by atoms with Crippen LogP contribution in [0.4, 0.5) is 0 Å². The Morgan fingerprint density at radius 3 is 1.82 bits per heavy atom. The predicted molar refractivity (Wildman–Crippen MR) is 130 cm³/mol. The van der Waals surface area contributed by atoms with Crippen molar-refractivity contribution in [3.8, 4) is 17.2 Å². The Bertz CT molecular complexity index is 1180. The minimum absolute atomic E-state index is 0.190. The van der Waals surface area contributed by atoms with Crippen LogP contribution < -0.4 is 15.2 Å². The van der Waals surface area contributed by atoms with E-state index in [1.165, 1.54) is 26.0 Å². The molecule has 0 radical (unpaired) electrons. The topological polar surface area (TPSA) is 133 Å². The summed E-state index contributed by atoms with van der Waals surface area (Å²) in [5.74, 6) is -0.504. The molecule has 0 fully saturated rings. The Morgan fingerprint density at radius 2 is 1.35 bits per heavy atom. The minimum Gasteiger partial charge on any atom is -0.426 e. The first-order valence-corrected chi connectivity index (χ1v) is 14.4. The van der Waals surface area contributed by atoms with Gasteiger partial charge in [-0.25, -0.2) is 9.89 Å². The summed E-state index contributed by atoms with van der Waals surface area (Å²) < 4.78 is 10.7. The van der Waals surface area contributed by atoms with E-state index in [0.29, 0.717) is 5.69 Å². The number of tetrazole rings is 1. The summed E-state index contributed by atoms with van der Waals surface area (Å²) in [6.45, 7) is 11.8. The quantitative estimate of drug-likeness (QED) is 0.244. The van der Waals surface area contributed by atoms with Crippen LogP contribution in [0.5, 0.6) is 11.5 Å². The van der Waals surface area contributed by atoms with E-state index < -0.39 is 30.9 Å². The minimum atomic E-state index is -0.642. The highest BCUT2D eigenvalue weighted by atomic mass is 35.5. The number of ether oxygens (including phenoxy) is 2. The lowest BCUT2D eigenvalue weighted by molar-refractivity contribution is -0.132. The lowest BCUT2D eigenvalue weighted by atomic mass is 10.2. The van der Waals surface area contributed by atoms with Crippen LogP contribution in [0.2, 0.25) is 26.2 Å². The van der Waals surface area contributed by atoms with Gasteiger partial charge in [0.2, 0.25) is 0 Å². The average Bonchev–Trinajstić information content (AvgIpc) is 3.13. The fourth-order valence-electron chi connectivity index (χ4n) is 2.10. The monoisotopic (exact) mass is 506 g/mol. The summed E-state index contributed by atoms with van der Waals surface area (Å²) in [5, 5.41) is 8.43. The van der Waals surface area contributed by atoms with Crippen molar-refractivity contribution >= 4 is 36.9 Å². The van der Waals surface area contributed by atoms with Gasteiger partial charge in [-0.05, 0) is 46.3 Å². The van der Waals surface area contributed by atoms with Gasteiger partial charge < -0.3 is 9.47 Å². The molecule has 0 aliphatic rings. The van der Waals surface area contributed by atoms with E-state index in [1.54, 1.807) is 36.4 Å². The number of benzene rings is 2. The molecular formula is C22H27ClN4O6Si. The van der Waals surface area contributed by atoms with Crippen molar-refractivity contribution in [2.24, 2.45) is 0 Å². The van der Waals surface area contributed by atoms with Crippen LogP contribution in [-0.4, -0.2) is 45.5 Å². The number of aromatic amines is 1. The summed E-state index contributed by atoms with van der Waals surface area (Å²) in [6, 6.07) is 12.9. The normalized spacial score (nSPS) is 10.1. The third-order valence-electron chi connectivity index (χ3n) is 3.17. The fraction of sp³-hybridized carbons (Fsp3) is 0.273. The highest BCUT2D eigenvalue weighted by molar-refractivity contribution is 6.74. The van der Waals surface area contributed by atoms with Crippen LogP contribution in [0.15, 0.2) is 53.3 Å². The Balaban J connectivity index is 0.000000289. The number of carbonyl (C=O) groups is 3. The predicted octanol–water partition coefficient (Wildman–Crippen LogP) is 3.83. The Hall–Kier alpha value is -3.57. The van der Waals surface area contributed by atoms with Gasteiger partial charge >= 0.3 is 17.6 Å². The maximum absolute atomic E-state index is 11.3. The lowest BCUT2D eigenvalue weighted by Crippen LogP contribution is -2.17. The molecule has 1 heterocycles. The van der Waals surface area contributed by atoms with E-state index in [0.717, 1.165) is 4.68 Å². The fourth-order valence-corrected chi connectivity index (χ4v) is 2.26. The number of para-hydroxylation sites is 3. The third-order valence-corrected chi connectivity index (χ3v) is 3.38. The van der Waals surface area contributed by atoms with E-state index in [1.807, 2.05) is 0 Å². The molecule has 0 amide bonds. The van der Waals surface area contributed by atoms with Crippen LogP contribution in [-0.2, 0) is 9.59 Å². The first kappa shape index (κ1) is 28.5. The zero-order chi connectivity index (χ0) is 25.9. The zero-order valence-electron chi connectivity index (χ0n) is 19.8. The average molecular weight is 507 g/mol. The molecule has 0 unspecified atom stereocenters. The summed E-state index contributed by atoms with van der Waals surface area (Å²) in [7, 11) is -0.611. The molecule has 3 aromatic rings. The zero-order valence-corrected chi connectivity index (χ0v) is 21.5. The van der Waals surface area contributed by atoms with Gasteiger partial charge in [-0.1, -0.05) is 50.5 Å². The lowest BCUT2D eigenvalue weighted by Gasteiger charge is -2.06. The molecule has 0 aliphatic carbocycles. The number of nitrogens with zero attached hydrogens (tertiary/aromatic N) is 3. The molecular weight excluding hydrogens is 480 g/mol. The molecule has 10 nitrogen and oxygen atoms in total. The van der Waals surface area contributed by atoms with Gasteiger partial charge in [0.15, 0.2) is 5.75 Å². The third kappa shape index (κ3) is 10.8. The Labute approximate surface area is 202 Å². The smallest absolute Gasteiger partial charge is 0.365 e. The second-order valence-electron chi connectivity index (χ2n) is 8.34. The van der Waals surface area contributed by atoms with Gasteiger partial charge in [0.25, 0.3) is 5.24 Å². The van der Waals surface area contributed by atoms with E-state index in [9.17, 15) is 19.2 Å². The maximum atomic E-state index is 11.3. The van der Waals surface area contributed by atoms with Crippen molar-refractivity contribution in [2.75, 3.05) is 0 Å². The number of halogens is 1. The van der Waals surface area contributed by atoms with Gasteiger partial charge in [-0.3, -0.25) is 14.4 Å². The van der Waals surface area contributed by atoms with Gasteiger partial charge in [0.1, 0.15) is 11.4 Å². The number of hydrogen-bond donors (Lipinski definition) is 1. The van der Waals surface area contributed by atoms with Crippen LogP contribution in [0.25, 0.3) is 5.69 Å². The van der Waals surface area contributed by atoms with E-state index >= 15 is 0 Å². The van der Waals surface area contributed by atoms with Gasteiger partial charge in [-0.15, -0.1) is 0 Å². The summed E-state index contributed by atoms with van der Waals surface area (Å²) in [6.07, 6.45) is 0. The number of aromatic nitrogens is 4. The molecule has 0 aliphatic heterocycles. The number of esters is 2. The Morgan fingerprint density at radius 1 is 0.882 bits per heavy atom. The van der Waals surface area contributed by atoms with Crippen LogP contribution in [0.3, 0.4) is 0 Å². The first-order chi connectivity index (χ1) is 15.8. The summed E-state index contributed by atoms with van der Waals surface area (Å²) in [5.41, 5.74) is 0.0513. The number of nitrogens with one attached hydrogen (secondary N) is 1. The van der Waals surface area contributed by atoms with Crippen molar-refractivity contribution in [3.05, 3.63) is 64.6 Å². The number of hydrogen-bond acceptors (Lipinski definition) is 8. The molecule has 182 valence electrons. The SMILES string of the molecule is CC(=O)Oc1ccccc1-n1nn[nH]c1=O.CC(=O)Oc1ccccc1C(=O)Cl.C[Si](C)(C)C. The second kappa shape index (κ2) is 13.2. The molecule has 1 aromatic heterocycles. The van der Waals surface area contributed by atoms with Crippen molar-refractivity contribution in [3.63, 3.8) is 0 Å². The highest BCUT2D eigenvalue weighted by Gasteiger charge is 2.11. The summed E-state index contributed by atoms with van der Waals surface area (Å²) in [4.78, 5) is 43.6. The van der Waals surface area contributed by atoms with Crippen LogP contribution >= 0.6 is 11.6 Å². The Kier molecular flexibility index (Phi) is 11.1. The van der Waals surface area contributed by atoms with Gasteiger partial charge in [-0.2, -0.15) is 4.68 Å². The van der Waals surface area contributed by atoms with Crippen molar-refractivity contribution < 1.29 is 23.9 Å². The van der Waals surface area contributed by atoms with Gasteiger partial charge in [0.05, 0.1) is 5.56 Å². The molecule has 0 spiro atoms. The molecule has 34 heavy (non-hydrogen) atoms. The van der Waals surface area contributed by atoms with Gasteiger partial charge in [0, 0.05) is 21.9 Å². The molecule has 12 heteroatoms. The molecule has 3 rings (SSSR count). The van der Waals surface area contributed by atoms with Crippen LogP contribution in [0.1, 0.15) is 24.2 Å². The molecule has 1 N–H and O–H groups in total.